The average Bonchev–Trinajstić information content (AvgIpc) is 3.31. The SMILES string of the molecule is FC(F)(F)c1cccc(C(=C2CC2)c2cccc(C(F)(F)F)c2)c1. The molecule has 126 valence electrons. The fourth-order valence-corrected chi connectivity index (χ4v) is 2.59. The number of alkyl halides is 6. The first-order valence-electron chi connectivity index (χ1n) is 7.23. The quantitative estimate of drug-likeness (QED) is 0.560. The molecule has 0 spiro atoms. The van der Waals surface area contributed by atoms with E-state index in [1.165, 1.54) is 24.3 Å². The highest BCUT2D eigenvalue weighted by atomic mass is 19.4. The van der Waals surface area contributed by atoms with Crippen molar-refractivity contribution in [3.8, 4) is 0 Å². The summed E-state index contributed by atoms with van der Waals surface area (Å²) in [6.45, 7) is 0. The summed E-state index contributed by atoms with van der Waals surface area (Å²) in [6.07, 6.45) is -7.63. The molecule has 0 radical (unpaired) electrons. The summed E-state index contributed by atoms with van der Waals surface area (Å²) in [5.41, 5.74) is 0.283. The maximum absolute atomic E-state index is 12.9. The van der Waals surface area contributed by atoms with Gasteiger partial charge in [0.1, 0.15) is 0 Å². The predicted octanol–water partition coefficient (Wildman–Crippen LogP) is 6.32. The number of allylic oxidation sites excluding steroid dienone is 1. The Bertz CT molecular complexity index is 730. The molecule has 24 heavy (non-hydrogen) atoms. The number of hydrogen-bond donors (Lipinski definition) is 0. The lowest BCUT2D eigenvalue weighted by Crippen LogP contribution is -2.06. The van der Waals surface area contributed by atoms with Crippen molar-refractivity contribution in [1.82, 2.24) is 0 Å². The molecule has 6 heteroatoms. The van der Waals surface area contributed by atoms with Crippen molar-refractivity contribution in [2.45, 2.75) is 25.2 Å². The van der Waals surface area contributed by atoms with Crippen molar-refractivity contribution in [1.29, 1.82) is 0 Å². The minimum atomic E-state index is -4.50. The maximum atomic E-state index is 12.9. The molecule has 0 aromatic heterocycles. The van der Waals surface area contributed by atoms with Crippen LogP contribution in [0, 0.1) is 0 Å². The maximum Gasteiger partial charge on any atom is 0.416 e. The van der Waals surface area contributed by atoms with E-state index < -0.39 is 23.5 Å². The molecule has 0 unspecified atom stereocenters. The van der Waals surface area contributed by atoms with E-state index in [1.807, 2.05) is 0 Å². The smallest absolute Gasteiger partial charge is 0.166 e. The zero-order valence-electron chi connectivity index (χ0n) is 12.3. The van der Waals surface area contributed by atoms with Gasteiger partial charge in [-0.25, -0.2) is 0 Å². The van der Waals surface area contributed by atoms with E-state index >= 15 is 0 Å². The van der Waals surface area contributed by atoms with Crippen LogP contribution in [0.3, 0.4) is 0 Å². The molecule has 1 aliphatic carbocycles. The summed E-state index contributed by atoms with van der Waals surface area (Å²) in [4.78, 5) is 0. The van der Waals surface area contributed by atoms with Gasteiger partial charge in [0.2, 0.25) is 0 Å². The summed E-state index contributed by atoms with van der Waals surface area (Å²) in [6, 6.07) is 9.41. The first kappa shape index (κ1) is 16.6. The Kier molecular flexibility index (Phi) is 3.94. The van der Waals surface area contributed by atoms with Gasteiger partial charge in [-0.3, -0.25) is 0 Å². The van der Waals surface area contributed by atoms with Gasteiger partial charge in [0, 0.05) is 0 Å². The van der Waals surface area contributed by atoms with E-state index in [1.54, 1.807) is 0 Å². The molecule has 1 fully saturated rings. The van der Waals surface area contributed by atoms with Crippen molar-refractivity contribution in [3.05, 3.63) is 76.4 Å². The third-order valence-corrected chi connectivity index (χ3v) is 3.81. The van der Waals surface area contributed by atoms with E-state index in [4.69, 9.17) is 0 Å². The van der Waals surface area contributed by atoms with E-state index in [9.17, 15) is 26.3 Å². The molecule has 1 aliphatic rings. The van der Waals surface area contributed by atoms with Crippen LogP contribution in [0.4, 0.5) is 26.3 Å². The lowest BCUT2D eigenvalue weighted by Gasteiger charge is -2.14. The molecule has 0 atom stereocenters. The van der Waals surface area contributed by atoms with Crippen molar-refractivity contribution in [2.24, 2.45) is 0 Å². The molecule has 0 N–H and O–H groups in total. The van der Waals surface area contributed by atoms with Gasteiger partial charge in [-0.2, -0.15) is 26.3 Å². The molecule has 1 saturated carbocycles. The lowest BCUT2D eigenvalue weighted by molar-refractivity contribution is -0.138. The van der Waals surface area contributed by atoms with Crippen LogP contribution in [0.15, 0.2) is 54.1 Å². The van der Waals surface area contributed by atoms with Crippen molar-refractivity contribution in [3.63, 3.8) is 0 Å². The molecule has 0 saturated heterocycles. The zero-order valence-corrected chi connectivity index (χ0v) is 12.3. The van der Waals surface area contributed by atoms with Crippen LogP contribution in [0.1, 0.15) is 35.1 Å². The Morgan fingerprint density at radius 3 is 1.42 bits per heavy atom. The Morgan fingerprint density at radius 1 is 0.667 bits per heavy atom. The van der Waals surface area contributed by atoms with Crippen LogP contribution < -0.4 is 0 Å². The normalized spacial score (nSPS) is 14.7. The number of rotatable bonds is 2. The molecule has 2 aromatic carbocycles. The molecule has 0 amide bonds. The third-order valence-electron chi connectivity index (χ3n) is 3.81. The fraction of sp³-hybridized carbons (Fsp3) is 0.222. The van der Waals surface area contributed by atoms with Gasteiger partial charge in [0.25, 0.3) is 0 Å². The van der Waals surface area contributed by atoms with Crippen LogP contribution in [-0.2, 0) is 12.4 Å². The Morgan fingerprint density at radius 2 is 1.08 bits per heavy atom. The molecule has 0 nitrogen and oxygen atoms in total. The second-order valence-corrected chi connectivity index (χ2v) is 5.64. The minimum absolute atomic E-state index is 0.289. The molecule has 0 heterocycles. The monoisotopic (exact) mass is 342 g/mol. The van der Waals surface area contributed by atoms with Gasteiger partial charge >= 0.3 is 12.4 Å². The number of halogens is 6. The van der Waals surface area contributed by atoms with Gasteiger partial charge in [-0.15, -0.1) is 0 Å². The Hall–Kier alpha value is -2.24. The van der Waals surface area contributed by atoms with Crippen molar-refractivity contribution in [2.75, 3.05) is 0 Å². The molecule has 3 rings (SSSR count). The zero-order chi connectivity index (χ0) is 17.5. The van der Waals surface area contributed by atoms with Gasteiger partial charge in [0.15, 0.2) is 0 Å². The molecule has 0 bridgehead atoms. The molecular formula is C18H12F6. The largest absolute Gasteiger partial charge is 0.416 e. The van der Waals surface area contributed by atoms with E-state index in [-0.39, 0.29) is 11.1 Å². The summed E-state index contributed by atoms with van der Waals surface area (Å²) in [5, 5.41) is 0. The molecule has 0 aliphatic heterocycles. The highest BCUT2D eigenvalue weighted by Gasteiger charge is 2.33. The first-order chi connectivity index (χ1) is 11.2. The summed E-state index contributed by atoms with van der Waals surface area (Å²) >= 11 is 0. The highest BCUT2D eigenvalue weighted by Crippen LogP contribution is 2.42. The van der Waals surface area contributed by atoms with Crippen LogP contribution in [-0.4, -0.2) is 0 Å². The van der Waals surface area contributed by atoms with E-state index in [0.29, 0.717) is 18.4 Å². The average molecular weight is 342 g/mol. The first-order valence-corrected chi connectivity index (χ1v) is 7.23. The van der Waals surface area contributed by atoms with Gasteiger partial charge in [-0.1, -0.05) is 29.8 Å². The summed E-state index contributed by atoms with van der Waals surface area (Å²) in [5.74, 6) is 0. The Balaban J connectivity index is 2.10. The van der Waals surface area contributed by atoms with Gasteiger partial charge < -0.3 is 0 Å². The van der Waals surface area contributed by atoms with Crippen molar-refractivity contribution < 1.29 is 26.3 Å². The van der Waals surface area contributed by atoms with E-state index in [2.05, 4.69) is 0 Å². The second-order valence-electron chi connectivity index (χ2n) is 5.64. The topological polar surface area (TPSA) is 0 Å². The van der Waals surface area contributed by atoms with Crippen LogP contribution in [0.2, 0.25) is 0 Å². The van der Waals surface area contributed by atoms with E-state index in [0.717, 1.165) is 29.8 Å². The van der Waals surface area contributed by atoms with Crippen LogP contribution >= 0.6 is 0 Å². The van der Waals surface area contributed by atoms with Crippen LogP contribution in [0.5, 0.6) is 0 Å². The predicted molar refractivity (Wildman–Crippen MR) is 78.1 cm³/mol. The number of hydrogen-bond acceptors (Lipinski definition) is 0. The molecule has 2 aromatic rings. The lowest BCUT2D eigenvalue weighted by atomic mass is 9.94. The fourth-order valence-electron chi connectivity index (χ4n) is 2.59. The van der Waals surface area contributed by atoms with Crippen LogP contribution in [0.25, 0.3) is 5.57 Å². The third kappa shape index (κ3) is 3.47. The molecular weight excluding hydrogens is 330 g/mol. The Labute approximate surface area is 134 Å². The van der Waals surface area contributed by atoms with Gasteiger partial charge in [0.05, 0.1) is 11.1 Å². The second kappa shape index (κ2) is 5.69. The standard InChI is InChI=1S/C18H12F6/c19-17(20,21)14-5-1-3-12(9-14)16(11-7-8-11)13-4-2-6-15(10-13)18(22,23)24/h1-6,9-10H,7-8H2. The summed E-state index contributed by atoms with van der Waals surface area (Å²) < 4.78 is 77.4. The number of benzene rings is 2. The highest BCUT2D eigenvalue weighted by molar-refractivity contribution is 5.84. The summed E-state index contributed by atoms with van der Waals surface area (Å²) in [7, 11) is 0. The van der Waals surface area contributed by atoms with Crippen molar-refractivity contribution >= 4 is 5.57 Å². The minimum Gasteiger partial charge on any atom is -0.166 e. The van der Waals surface area contributed by atoms with Gasteiger partial charge in [-0.05, 0) is 53.8 Å².